The van der Waals surface area contributed by atoms with E-state index in [0.717, 1.165) is 6.92 Å². The van der Waals surface area contributed by atoms with Gasteiger partial charge in [0, 0.05) is 0 Å². The summed E-state index contributed by atoms with van der Waals surface area (Å²) in [5, 5.41) is -4.69. The molecule has 68 valence electrons. The smallest absolute Gasteiger partial charge is 0.281 e. The number of hydrogen-bond donors (Lipinski definition) is 1. The molecule has 0 aromatic carbocycles. The average molecular weight is 192 g/mol. The SMILES string of the molecule is CCC(F)C(F)(F)S(=O)(=O)O. The molecule has 3 nitrogen and oxygen atoms in total. The molecule has 0 aromatic rings. The molecule has 0 aromatic heterocycles. The predicted octanol–water partition coefficient (Wildman–Crippen LogP) is 1.22. The quantitative estimate of drug-likeness (QED) is 0.684. The lowest BCUT2D eigenvalue weighted by Gasteiger charge is -2.15. The van der Waals surface area contributed by atoms with Crippen molar-refractivity contribution in [3.63, 3.8) is 0 Å². The Kier molecular flexibility index (Phi) is 2.90. The van der Waals surface area contributed by atoms with Crippen LogP contribution in [0.25, 0.3) is 0 Å². The standard InChI is InChI=1S/C4H7F3O3S/c1-2-3(5)4(6,7)11(8,9)10/h3H,2H2,1H3,(H,8,9,10). The average Bonchev–Trinajstić information content (AvgIpc) is 1.83. The van der Waals surface area contributed by atoms with Crippen molar-refractivity contribution in [2.24, 2.45) is 0 Å². The first kappa shape index (κ1) is 10.7. The summed E-state index contributed by atoms with van der Waals surface area (Å²) >= 11 is 0. The largest absolute Gasteiger partial charge is 0.400 e. The van der Waals surface area contributed by atoms with Crippen LogP contribution in [0.5, 0.6) is 0 Å². The Bertz CT molecular complexity index is 223. The Morgan fingerprint density at radius 2 is 1.91 bits per heavy atom. The highest BCUT2D eigenvalue weighted by Gasteiger charge is 2.51. The summed E-state index contributed by atoms with van der Waals surface area (Å²) in [6.07, 6.45) is -3.54. The molecule has 0 aliphatic heterocycles. The molecule has 0 saturated carbocycles. The van der Waals surface area contributed by atoms with Crippen LogP contribution in [0.1, 0.15) is 13.3 Å². The van der Waals surface area contributed by atoms with Gasteiger partial charge in [0.1, 0.15) is 0 Å². The maximum Gasteiger partial charge on any atom is 0.400 e. The summed E-state index contributed by atoms with van der Waals surface area (Å²) in [5.41, 5.74) is 0. The number of halogens is 3. The third kappa shape index (κ3) is 2.06. The highest BCUT2D eigenvalue weighted by molar-refractivity contribution is 7.86. The molecule has 0 aliphatic carbocycles. The second-order valence-corrected chi connectivity index (χ2v) is 3.41. The van der Waals surface area contributed by atoms with Crippen molar-refractivity contribution in [1.29, 1.82) is 0 Å². The van der Waals surface area contributed by atoms with Gasteiger partial charge in [0.25, 0.3) is 0 Å². The lowest BCUT2D eigenvalue weighted by Crippen LogP contribution is -2.38. The minimum atomic E-state index is -5.62. The molecule has 0 saturated heterocycles. The van der Waals surface area contributed by atoms with Gasteiger partial charge >= 0.3 is 15.4 Å². The van der Waals surface area contributed by atoms with E-state index in [1.807, 2.05) is 0 Å². The van der Waals surface area contributed by atoms with E-state index in [0.29, 0.717) is 0 Å². The fourth-order valence-corrected chi connectivity index (χ4v) is 0.889. The van der Waals surface area contributed by atoms with Crippen LogP contribution in [0, 0.1) is 0 Å². The molecule has 0 fully saturated rings. The lowest BCUT2D eigenvalue weighted by molar-refractivity contribution is -0.00388. The Morgan fingerprint density at radius 1 is 1.55 bits per heavy atom. The van der Waals surface area contributed by atoms with Crippen molar-refractivity contribution < 1.29 is 26.1 Å². The highest BCUT2D eigenvalue weighted by atomic mass is 32.2. The molecule has 0 heterocycles. The van der Waals surface area contributed by atoms with E-state index in [2.05, 4.69) is 0 Å². The fraction of sp³-hybridized carbons (Fsp3) is 1.00. The Labute approximate surface area is 62.0 Å². The minimum absolute atomic E-state index is 0.674. The van der Waals surface area contributed by atoms with Crippen molar-refractivity contribution in [3.8, 4) is 0 Å². The lowest BCUT2D eigenvalue weighted by atomic mass is 10.3. The van der Waals surface area contributed by atoms with Crippen molar-refractivity contribution >= 4 is 10.1 Å². The van der Waals surface area contributed by atoms with Crippen molar-refractivity contribution in [3.05, 3.63) is 0 Å². The van der Waals surface area contributed by atoms with Gasteiger partial charge < -0.3 is 0 Å². The topological polar surface area (TPSA) is 54.4 Å². The molecule has 0 spiro atoms. The molecular formula is C4H7F3O3S. The molecule has 1 unspecified atom stereocenters. The van der Waals surface area contributed by atoms with Crippen LogP contribution in [0.3, 0.4) is 0 Å². The first-order chi connectivity index (χ1) is 4.73. The highest BCUT2D eigenvalue weighted by Crippen LogP contribution is 2.28. The van der Waals surface area contributed by atoms with Gasteiger partial charge in [0.15, 0.2) is 6.17 Å². The van der Waals surface area contributed by atoms with Crippen LogP contribution in [0.15, 0.2) is 0 Å². The minimum Gasteiger partial charge on any atom is -0.281 e. The number of rotatable bonds is 3. The summed E-state index contributed by atoms with van der Waals surface area (Å²) in [6, 6.07) is 0. The van der Waals surface area contributed by atoms with Crippen molar-refractivity contribution in [2.75, 3.05) is 0 Å². The summed E-state index contributed by atoms with van der Waals surface area (Å²) in [7, 11) is -5.62. The molecule has 0 radical (unpaired) electrons. The van der Waals surface area contributed by atoms with E-state index in [-0.39, 0.29) is 0 Å². The molecule has 0 amide bonds. The Hall–Kier alpha value is -0.300. The van der Waals surface area contributed by atoms with E-state index < -0.39 is 28.0 Å². The Morgan fingerprint density at radius 3 is 2.00 bits per heavy atom. The second-order valence-electron chi connectivity index (χ2n) is 1.91. The zero-order valence-electron chi connectivity index (χ0n) is 5.59. The molecule has 1 atom stereocenters. The van der Waals surface area contributed by atoms with Crippen molar-refractivity contribution in [1.82, 2.24) is 0 Å². The molecule has 11 heavy (non-hydrogen) atoms. The Balaban J connectivity index is 4.74. The monoisotopic (exact) mass is 192 g/mol. The van der Waals surface area contributed by atoms with Crippen LogP contribution < -0.4 is 0 Å². The number of alkyl halides is 3. The van der Waals surface area contributed by atoms with Gasteiger partial charge in [-0.05, 0) is 6.42 Å². The third-order valence-corrected chi connectivity index (χ3v) is 2.01. The summed E-state index contributed by atoms with van der Waals surface area (Å²) < 4.78 is 63.8. The zero-order valence-corrected chi connectivity index (χ0v) is 6.41. The van der Waals surface area contributed by atoms with Gasteiger partial charge in [-0.25, -0.2) is 4.39 Å². The van der Waals surface area contributed by atoms with Gasteiger partial charge in [-0.3, -0.25) is 4.55 Å². The van der Waals surface area contributed by atoms with Gasteiger partial charge in [0.2, 0.25) is 0 Å². The van der Waals surface area contributed by atoms with Gasteiger partial charge in [0.05, 0.1) is 0 Å². The van der Waals surface area contributed by atoms with E-state index >= 15 is 0 Å². The number of hydrogen-bond acceptors (Lipinski definition) is 2. The van der Waals surface area contributed by atoms with Gasteiger partial charge in [-0.1, -0.05) is 6.92 Å². The molecule has 0 aliphatic rings. The fourth-order valence-electron chi connectivity index (χ4n) is 0.399. The summed E-state index contributed by atoms with van der Waals surface area (Å²) in [4.78, 5) is 0. The second kappa shape index (κ2) is 2.98. The van der Waals surface area contributed by atoms with Gasteiger partial charge in [-0.15, -0.1) is 0 Å². The molecule has 1 N–H and O–H groups in total. The normalized spacial score (nSPS) is 16.5. The maximum absolute atomic E-state index is 12.1. The van der Waals surface area contributed by atoms with Crippen LogP contribution in [-0.2, 0) is 10.1 Å². The van der Waals surface area contributed by atoms with Crippen LogP contribution >= 0.6 is 0 Å². The summed E-state index contributed by atoms with van der Waals surface area (Å²) in [6.45, 7) is 1.05. The first-order valence-corrected chi connectivity index (χ1v) is 4.16. The van der Waals surface area contributed by atoms with E-state index in [9.17, 15) is 21.6 Å². The van der Waals surface area contributed by atoms with Crippen LogP contribution in [-0.4, -0.2) is 24.4 Å². The maximum atomic E-state index is 12.1. The van der Waals surface area contributed by atoms with Crippen LogP contribution in [0.4, 0.5) is 13.2 Å². The van der Waals surface area contributed by atoms with E-state index in [1.54, 1.807) is 0 Å². The predicted molar refractivity (Wildman–Crippen MR) is 31.7 cm³/mol. The van der Waals surface area contributed by atoms with Crippen LogP contribution in [0.2, 0.25) is 0 Å². The summed E-state index contributed by atoms with van der Waals surface area (Å²) in [5.74, 6) is 0. The van der Waals surface area contributed by atoms with Gasteiger partial charge in [-0.2, -0.15) is 17.2 Å². The molecule has 0 bridgehead atoms. The van der Waals surface area contributed by atoms with Crippen molar-refractivity contribution in [2.45, 2.75) is 24.8 Å². The third-order valence-electron chi connectivity index (χ3n) is 1.07. The zero-order chi connectivity index (χ0) is 9.28. The first-order valence-electron chi connectivity index (χ1n) is 2.72. The van der Waals surface area contributed by atoms with E-state index in [1.165, 1.54) is 0 Å². The molecule has 7 heteroatoms. The van der Waals surface area contributed by atoms with E-state index in [4.69, 9.17) is 4.55 Å². The molecular weight excluding hydrogens is 185 g/mol. The molecule has 0 rings (SSSR count).